The molecule has 1 fully saturated rings. The number of carbonyl (C=O) groups excluding carboxylic acids is 1. The molecule has 1 aliphatic rings. The average Bonchev–Trinajstić information content (AvgIpc) is 3.13. The molecule has 1 saturated heterocycles. The third-order valence-corrected chi connectivity index (χ3v) is 3.93. The van der Waals surface area contributed by atoms with Crippen molar-refractivity contribution in [2.45, 2.75) is 18.5 Å². The Morgan fingerprint density at radius 3 is 3.09 bits per heavy atom. The van der Waals surface area contributed by atoms with Crippen LogP contribution in [0.3, 0.4) is 0 Å². The second kappa shape index (κ2) is 6.41. The Balaban J connectivity index is 1.67. The van der Waals surface area contributed by atoms with Gasteiger partial charge in [0.15, 0.2) is 0 Å². The SMILES string of the molecule is O=C(Cc1c(F)cccc1Cl)N[C@H]1COC[C@H]1n1ccnn1. The summed E-state index contributed by atoms with van der Waals surface area (Å²) < 4.78 is 20.7. The van der Waals surface area contributed by atoms with Crippen molar-refractivity contribution in [2.75, 3.05) is 13.2 Å². The normalized spacial score (nSPS) is 21.0. The Hall–Kier alpha value is -1.99. The van der Waals surface area contributed by atoms with Crippen molar-refractivity contribution >= 4 is 17.5 Å². The fourth-order valence-corrected chi connectivity index (χ4v) is 2.69. The molecule has 1 N–H and O–H groups in total. The van der Waals surface area contributed by atoms with Crippen LogP contribution in [0.5, 0.6) is 0 Å². The summed E-state index contributed by atoms with van der Waals surface area (Å²) in [7, 11) is 0. The number of ether oxygens (including phenoxy) is 1. The minimum absolute atomic E-state index is 0.119. The molecule has 0 spiro atoms. The van der Waals surface area contributed by atoms with Crippen LogP contribution in [0.25, 0.3) is 0 Å². The second-order valence-electron chi connectivity index (χ2n) is 5.04. The number of nitrogens with one attached hydrogen (secondary N) is 1. The van der Waals surface area contributed by atoms with E-state index in [9.17, 15) is 9.18 Å². The first-order valence-corrected chi connectivity index (χ1v) is 7.18. The minimum Gasteiger partial charge on any atom is -0.377 e. The van der Waals surface area contributed by atoms with Gasteiger partial charge in [-0.1, -0.05) is 22.9 Å². The summed E-state index contributed by atoms with van der Waals surface area (Å²) in [6, 6.07) is 3.99. The summed E-state index contributed by atoms with van der Waals surface area (Å²) in [4.78, 5) is 12.2. The van der Waals surface area contributed by atoms with Crippen LogP contribution in [-0.2, 0) is 16.0 Å². The summed E-state index contributed by atoms with van der Waals surface area (Å²) in [6.07, 6.45) is 3.16. The number of aromatic nitrogens is 3. The molecule has 0 radical (unpaired) electrons. The van der Waals surface area contributed by atoms with Gasteiger partial charge >= 0.3 is 0 Å². The molecule has 116 valence electrons. The average molecular weight is 325 g/mol. The molecule has 8 heteroatoms. The third-order valence-electron chi connectivity index (χ3n) is 3.58. The molecule has 0 saturated carbocycles. The highest BCUT2D eigenvalue weighted by atomic mass is 35.5. The summed E-state index contributed by atoms with van der Waals surface area (Å²) in [5, 5.41) is 10.8. The van der Waals surface area contributed by atoms with Crippen molar-refractivity contribution in [3.63, 3.8) is 0 Å². The third kappa shape index (κ3) is 3.10. The first-order chi connectivity index (χ1) is 10.6. The van der Waals surface area contributed by atoms with E-state index in [-0.39, 0.29) is 35.0 Å². The number of carbonyl (C=O) groups is 1. The summed E-state index contributed by atoms with van der Waals surface area (Å²) in [5.74, 6) is -0.800. The molecule has 1 aromatic carbocycles. The Labute approximate surface area is 131 Å². The zero-order chi connectivity index (χ0) is 15.5. The molecule has 2 atom stereocenters. The van der Waals surface area contributed by atoms with Crippen LogP contribution in [0.4, 0.5) is 4.39 Å². The molecule has 0 bridgehead atoms. The molecular weight excluding hydrogens is 311 g/mol. The lowest BCUT2D eigenvalue weighted by Gasteiger charge is -2.19. The molecule has 2 aromatic rings. The van der Waals surface area contributed by atoms with Gasteiger partial charge in [0.1, 0.15) is 5.82 Å². The molecule has 0 aliphatic carbocycles. The molecule has 3 rings (SSSR count). The van der Waals surface area contributed by atoms with E-state index >= 15 is 0 Å². The van der Waals surface area contributed by atoms with Gasteiger partial charge in [0, 0.05) is 16.8 Å². The van der Waals surface area contributed by atoms with Crippen molar-refractivity contribution in [1.82, 2.24) is 20.3 Å². The van der Waals surface area contributed by atoms with Gasteiger partial charge in [-0.2, -0.15) is 0 Å². The van der Waals surface area contributed by atoms with Gasteiger partial charge in [-0.05, 0) is 12.1 Å². The monoisotopic (exact) mass is 324 g/mol. The number of hydrogen-bond donors (Lipinski definition) is 1. The van der Waals surface area contributed by atoms with E-state index in [1.165, 1.54) is 12.1 Å². The van der Waals surface area contributed by atoms with E-state index < -0.39 is 5.82 Å². The van der Waals surface area contributed by atoms with Gasteiger partial charge in [0.05, 0.1) is 37.9 Å². The maximum Gasteiger partial charge on any atom is 0.224 e. The van der Waals surface area contributed by atoms with E-state index in [2.05, 4.69) is 15.6 Å². The molecule has 22 heavy (non-hydrogen) atoms. The van der Waals surface area contributed by atoms with Crippen LogP contribution < -0.4 is 5.32 Å². The maximum atomic E-state index is 13.7. The Morgan fingerprint density at radius 1 is 1.50 bits per heavy atom. The van der Waals surface area contributed by atoms with Gasteiger partial charge in [-0.15, -0.1) is 5.10 Å². The fourth-order valence-electron chi connectivity index (χ4n) is 2.46. The topological polar surface area (TPSA) is 69.0 Å². The number of benzene rings is 1. The quantitative estimate of drug-likeness (QED) is 0.922. The first kappa shape index (κ1) is 14.9. The van der Waals surface area contributed by atoms with Crippen molar-refractivity contribution < 1.29 is 13.9 Å². The lowest BCUT2D eigenvalue weighted by atomic mass is 10.1. The predicted molar refractivity (Wildman–Crippen MR) is 76.9 cm³/mol. The van der Waals surface area contributed by atoms with Gasteiger partial charge in [-0.25, -0.2) is 9.07 Å². The summed E-state index contributed by atoms with van der Waals surface area (Å²) in [5.41, 5.74) is 0.192. The van der Waals surface area contributed by atoms with Crippen LogP contribution in [0.2, 0.25) is 5.02 Å². The number of nitrogens with zero attached hydrogens (tertiary/aromatic N) is 3. The van der Waals surface area contributed by atoms with E-state index in [4.69, 9.17) is 16.3 Å². The van der Waals surface area contributed by atoms with Crippen molar-refractivity contribution in [2.24, 2.45) is 0 Å². The number of rotatable bonds is 4. The van der Waals surface area contributed by atoms with Crippen LogP contribution in [0.15, 0.2) is 30.6 Å². The van der Waals surface area contributed by atoms with Gasteiger partial charge in [0.2, 0.25) is 5.91 Å². The zero-order valence-electron chi connectivity index (χ0n) is 11.6. The van der Waals surface area contributed by atoms with Crippen molar-refractivity contribution in [1.29, 1.82) is 0 Å². The lowest BCUT2D eigenvalue weighted by molar-refractivity contribution is -0.121. The lowest BCUT2D eigenvalue weighted by Crippen LogP contribution is -2.41. The highest BCUT2D eigenvalue weighted by Gasteiger charge is 2.31. The molecular formula is C14H14ClFN4O2. The highest BCUT2D eigenvalue weighted by Crippen LogP contribution is 2.21. The molecule has 1 amide bonds. The second-order valence-corrected chi connectivity index (χ2v) is 5.45. The molecule has 1 aliphatic heterocycles. The van der Waals surface area contributed by atoms with Crippen LogP contribution in [-0.4, -0.2) is 40.2 Å². The van der Waals surface area contributed by atoms with Crippen LogP contribution >= 0.6 is 11.6 Å². The highest BCUT2D eigenvalue weighted by molar-refractivity contribution is 6.31. The molecule has 0 unspecified atom stereocenters. The van der Waals surface area contributed by atoms with E-state index in [1.54, 1.807) is 23.1 Å². The molecule has 6 nitrogen and oxygen atoms in total. The summed E-state index contributed by atoms with van der Waals surface area (Å²) >= 11 is 5.93. The Kier molecular flexibility index (Phi) is 4.35. The van der Waals surface area contributed by atoms with E-state index in [0.717, 1.165) is 0 Å². The number of amides is 1. The number of halogens is 2. The minimum atomic E-state index is -0.488. The summed E-state index contributed by atoms with van der Waals surface area (Å²) in [6.45, 7) is 0.816. The smallest absolute Gasteiger partial charge is 0.224 e. The van der Waals surface area contributed by atoms with Crippen LogP contribution in [0.1, 0.15) is 11.6 Å². The van der Waals surface area contributed by atoms with Gasteiger partial charge in [-0.3, -0.25) is 4.79 Å². The van der Waals surface area contributed by atoms with Gasteiger partial charge in [0.25, 0.3) is 0 Å². The van der Waals surface area contributed by atoms with Crippen LogP contribution in [0, 0.1) is 5.82 Å². The standard InChI is InChI=1S/C14H14ClFN4O2/c15-10-2-1-3-11(16)9(10)6-14(21)18-12-7-22-8-13(12)20-5-4-17-19-20/h1-5,12-13H,6-8H2,(H,18,21)/t12-,13+/m0/s1. The zero-order valence-corrected chi connectivity index (χ0v) is 12.3. The van der Waals surface area contributed by atoms with E-state index in [1.807, 2.05) is 0 Å². The van der Waals surface area contributed by atoms with E-state index in [0.29, 0.717) is 13.2 Å². The Bertz CT molecular complexity index is 645. The van der Waals surface area contributed by atoms with Crippen molar-refractivity contribution in [3.05, 3.63) is 47.0 Å². The molecule has 2 heterocycles. The maximum absolute atomic E-state index is 13.7. The first-order valence-electron chi connectivity index (χ1n) is 6.81. The number of hydrogen-bond acceptors (Lipinski definition) is 4. The fraction of sp³-hybridized carbons (Fsp3) is 0.357. The predicted octanol–water partition coefficient (Wildman–Crippen LogP) is 1.37. The largest absolute Gasteiger partial charge is 0.377 e. The Morgan fingerprint density at radius 2 is 2.36 bits per heavy atom. The van der Waals surface area contributed by atoms with Gasteiger partial charge < -0.3 is 10.1 Å². The molecule has 1 aromatic heterocycles. The van der Waals surface area contributed by atoms with Crippen molar-refractivity contribution in [3.8, 4) is 0 Å².